The van der Waals surface area contributed by atoms with Crippen molar-refractivity contribution < 1.29 is 38.7 Å². The number of unbranched alkanes of at least 4 members (excludes halogenated alkanes) is 1. The van der Waals surface area contributed by atoms with Crippen molar-refractivity contribution >= 4 is 11.8 Å². The standard InChI is InChI=1S/C24H28O8/c25-18-15-19(26)17(16(18)7-3-1-2-4-10-22(27)28)11-12-24(29-13-14-30-24)23-31-20-8-5-6-9-21(20)32-23/h1,3,5-6,8-9,11-12,16-17,19,23,26H,2,4,7,10,13-15H2,(H,27,28)/b3-1-,12-11+/t16-,17-,19-/m1/s1. The monoisotopic (exact) mass is 444 g/mol. The quantitative estimate of drug-likeness (QED) is 0.442. The van der Waals surface area contributed by atoms with Crippen LogP contribution in [0.1, 0.15) is 32.1 Å². The predicted octanol–water partition coefficient (Wildman–Crippen LogP) is 2.85. The number of carbonyl (C=O) groups excluding carboxylic acids is 1. The van der Waals surface area contributed by atoms with Crippen LogP contribution in [0.3, 0.4) is 0 Å². The lowest BCUT2D eigenvalue weighted by molar-refractivity contribution is -0.222. The van der Waals surface area contributed by atoms with E-state index in [1.807, 2.05) is 24.3 Å². The molecule has 1 saturated heterocycles. The summed E-state index contributed by atoms with van der Waals surface area (Å²) < 4.78 is 23.5. The molecule has 2 N–H and O–H groups in total. The van der Waals surface area contributed by atoms with Gasteiger partial charge in [-0.25, -0.2) is 0 Å². The Morgan fingerprint density at radius 2 is 1.81 bits per heavy atom. The molecule has 1 saturated carbocycles. The highest BCUT2D eigenvalue weighted by molar-refractivity contribution is 5.84. The molecule has 0 aromatic heterocycles. The fourth-order valence-corrected chi connectivity index (χ4v) is 4.32. The van der Waals surface area contributed by atoms with Crippen molar-refractivity contribution in [2.45, 2.75) is 50.3 Å². The van der Waals surface area contributed by atoms with E-state index in [1.165, 1.54) is 0 Å². The first kappa shape index (κ1) is 22.5. The fourth-order valence-electron chi connectivity index (χ4n) is 4.32. The van der Waals surface area contributed by atoms with Gasteiger partial charge in [0.1, 0.15) is 5.78 Å². The van der Waals surface area contributed by atoms with Crippen molar-refractivity contribution in [1.29, 1.82) is 0 Å². The van der Waals surface area contributed by atoms with Crippen LogP contribution in [0.4, 0.5) is 0 Å². The van der Waals surface area contributed by atoms with E-state index in [9.17, 15) is 14.7 Å². The van der Waals surface area contributed by atoms with Gasteiger partial charge in [-0.05, 0) is 37.5 Å². The number of aliphatic carboxylic acids is 1. The first-order valence-electron chi connectivity index (χ1n) is 11.0. The summed E-state index contributed by atoms with van der Waals surface area (Å²) in [7, 11) is 0. The molecule has 4 rings (SSSR count). The Morgan fingerprint density at radius 3 is 2.47 bits per heavy atom. The molecule has 0 radical (unpaired) electrons. The number of rotatable bonds is 9. The normalized spacial score (nSPS) is 27.2. The van der Waals surface area contributed by atoms with Gasteiger partial charge in [0.15, 0.2) is 11.5 Å². The maximum absolute atomic E-state index is 12.5. The van der Waals surface area contributed by atoms with Gasteiger partial charge in [0.2, 0.25) is 0 Å². The summed E-state index contributed by atoms with van der Waals surface area (Å²) in [5.41, 5.74) is 0. The number of hydrogen-bond donors (Lipinski definition) is 2. The molecule has 2 heterocycles. The lowest BCUT2D eigenvalue weighted by Crippen LogP contribution is -2.47. The number of fused-ring (bicyclic) bond motifs is 1. The Hall–Kier alpha value is -2.68. The van der Waals surface area contributed by atoms with Gasteiger partial charge in [-0.1, -0.05) is 30.4 Å². The molecule has 0 spiro atoms. The van der Waals surface area contributed by atoms with Gasteiger partial charge >= 0.3 is 5.97 Å². The zero-order valence-electron chi connectivity index (χ0n) is 17.7. The van der Waals surface area contributed by atoms with Crippen LogP contribution in [0.25, 0.3) is 0 Å². The van der Waals surface area contributed by atoms with E-state index in [-0.39, 0.29) is 30.5 Å². The summed E-state index contributed by atoms with van der Waals surface area (Å²) in [6.07, 6.45) is 7.53. The third-order valence-corrected chi connectivity index (χ3v) is 5.99. The highest BCUT2D eigenvalue weighted by Gasteiger charge is 2.50. The maximum atomic E-state index is 12.5. The van der Waals surface area contributed by atoms with Gasteiger partial charge in [-0.15, -0.1) is 0 Å². The zero-order valence-corrected chi connectivity index (χ0v) is 17.7. The Morgan fingerprint density at radius 1 is 1.12 bits per heavy atom. The van der Waals surface area contributed by atoms with Crippen LogP contribution >= 0.6 is 0 Å². The molecule has 172 valence electrons. The number of carboxylic acid groups (broad SMARTS) is 1. The first-order valence-corrected chi connectivity index (χ1v) is 11.0. The Labute approximate surface area is 186 Å². The SMILES string of the molecule is O=C(O)CCC/C=C\C[C@H]1C(=O)C[C@@H](O)[C@@H]1/C=C/C1(C2Oc3ccccc3O2)OCCO1. The number of para-hydroxylation sites is 2. The molecule has 1 aromatic rings. The van der Waals surface area contributed by atoms with Crippen molar-refractivity contribution in [3.63, 3.8) is 0 Å². The number of allylic oxidation sites excluding steroid dienone is 2. The number of benzene rings is 1. The molecule has 2 fully saturated rings. The minimum atomic E-state index is -1.26. The maximum Gasteiger partial charge on any atom is 0.303 e. The Balaban J connectivity index is 1.42. The van der Waals surface area contributed by atoms with E-state index in [0.29, 0.717) is 44.0 Å². The molecular weight excluding hydrogens is 416 g/mol. The Bertz CT molecular complexity index is 861. The molecule has 1 aliphatic carbocycles. The smallest absolute Gasteiger partial charge is 0.303 e. The van der Waals surface area contributed by atoms with Crippen molar-refractivity contribution in [3.8, 4) is 11.5 Å². The molecule has 8 nitrogen and oxygen atoms in total. The summed E-state index contributed by atoms with van der Waals surface area (Å²) >= 11 is 0. The van der Waals surface area contributed by atoms with E-state index in [1.54, 1.807) is 24.3 Å². The third-order valence-electron chi connectivity index (χ3n) is 5.99. The van der Waals surface area contributed by atoms with Crippen LogP contribution in [-0.4, -0.2) is 53.4 Å². The van der Waals surface area contributed by atoms with E-state index >= 15 is 0 Å². The van der Waals surface area contributed by atoms with Crippen LogP contribution in [-0.2, 0) is 19.1 Å². The molecule has 1 aromatic carbocycles. The molecular formula is C24H28O8. The number of ether oxygens (including phenoxy) is 4. The second-order valence-electron chi connectivity index (χ2n) is 8.21. The summed E-state index contributed by atoms with van der Waals surface area (Å²) in [5.74, 6) is -1.62. The Kier molecular flexibility index (Phi) is 6.93. The summed E-state index contributed by atoms with van der Waals surface area (Å²) in [5, 5.41) is 19.2. The number of aliphatic hydroxyl groups excluding tert-OH is 1. The molecule has 2 aliphatic heterocycles. The molecule has 3 aliphatic rings. The lowest BCUT2D eigenvalue weighted by Gasteiger charge is -2.29. The molecule has 0 amide bonds. The second kappa shape index (κ2) is 9.85. The highest BCUT2D eigenvalue weighted by Crippen LogP contribution is 2.41. The van der Waals surface area contributed by atoms with Crippen molar-refractivity contribution in [3.05, 3.63) is 48.6 Å². The number of carbonyl (C=O) groups is 2. The van der Waals surface area contributed by atoms with Crippen LogP contribution in [0, 0.1) is 11.8 Å². The molecule has 0 bridgehead atoms. The minimum Gasteiger partial charge on any atom is -0.481 e. The van der Waals surface area contributed by atoms with Crippen molar-refractivity contribution in [1.82, 2.24) is 0 Å². The molecule has 0 unspecified atom stereocenters. The van der Waals surface area contributed by atoms with Gasteiger partial charge in [0, 0.05) is 24.7 Å². The van der Waals surface area contributed by atoms with Crippen molar-refractivity contribution in [2.75, 3.05) is 13.2 Å². The van der Waals surface area contributed by atoms with Gasteiger partial charge < -0.3 is 29.2 Å². The molecule has 32 heavy (non-hydrogen) atoms. The number of carboxylic acids is 1. The number of hydrogen-bond acceptors (Lipinski definition) is 7. The van der Waals surface area contributed by atoms with Gasteiger partial charge in [0.05, 0.1) is 19.3 Å². The van der Waals surface area contributed by atoms with Crippen LogP contribution in [0.15, 0.2) is 48.6 Å². The second-order valence-corrected chi connectivity index (χ2v) is 8.21. The average Bonchev–Trinajstić information content (AvgIpc) is 3.47. The van der Waals surface area contributed by atoms with Crippen LogP contribution < -0.4 is 9.47 Å². The van der Waals surface area contributed by atoms with Gasteiger partial charge in [0.25, 0.3) is 12.1 Å². The number of aliphatic hydroxyl groups is 1. The minimum absolute atomic E-state index is 0.00501. The van der Waals surface area contributed by atoms with Crippen LogP contribution in [0.5, 0.6) is 11.5 Å². The molecule has 8 heteroatoms. The number of Topliss-reactive ketones (excluding diaryl/α,β-unsaturated/α-hetero) is 1. The van der Waals surface area contributed by atoms with Gasteiger partial charge in [-0.3, -0.25) is 9.59 Å². The lowest BCUT2D eigenvalue weighted by atomic mass is 9.90. The fraction of sp³-hybridized carbons (Fsp3) is 0.500. The zero-order chi connectivity index (χ0) is 22.6. The number of ketones is 1. The first-order chi connectivity index (χ1) is 15.5. The van der Waals surface area contributed by atoms with E-state index < -0.39 is 24.2 Å². The van der Waals surface area contributed by atoms with E-state index in [2.05, 4.69) is 0 Å². The largest absolute Gasteiger partial charge is 0.481 e. The van der Waals surface area contributed by atoms with E-state index in [0.717, 1.165) is 0 Å². The average molecular weight is 444 g/mol. The van der Waals surface area contributed by atoms with E-state index in [4.69, 9.17) is 24.1 Å². The highest BCUT2D eigenvalue weighted by atomic mass is 16.8. The third kappa shape index (κ3) is 4.87. The van der Waals surface area contributed by atoms with Crippen LogP contribution in [0.2, 0.25) is 0 Å². The summed E-state index contributed by atoms with van der Waals surface area (Å²) in [4.78, 5) is 23.1. The molecule has 3 atom stereocenters. The summed E-state index contributed by atoms with van der Waals surface area (Å²) in [6, 6.07) is 7.31. The van der Waals surface area contributed by atoms with Gasteiger partial charge in [-0.2, -0.15) is 0 Å². The summed E-state index contributed by atoms with van der Waals surface area (Å²) in [6.45, 7) is 0.747. The topological polar surface area (TPSA) is 112 Å². The van der Waals surface area contributed by atoms with Crippen molar-refractivity contribution in [2.24, 2.45) is 11.8 Å². The predicted molar refractivity (Wildman–Crippen MR) is 113 cm³/mol.